The zero-order chi connectivity index (χ0) is 21.8. The molecule has 2 aromatic carbocycles. The molecule has 160 valence electrons. The van der Waals surface area contributed by atoms with Gasteiger partial charge < -0.3 is 9.64 Å². The Balaban J connectivity index is 1.38. The molecule has 31 heavy (non-hydrogen) atoms. The molecule has 2 aromatic rings. The third-order valence-corrected chi connectivity index (χ3v) is 5.84. The second-order valence-corrected chi connectivity index (χ2v) is 7.79. The summed E-state index contributed by atoms with van der Waals surface area (Å²) in [5.74, 6) is -0.211. The first-order chi connectivity index (χ1) is 15.1. The molecule has 0 unspecified atom stereocenters. The number of halogens is 1. The Kier molecular flexibility index (Phi) is 6.39. The summed E-state index contributed by atoms with van der Waals surface area (Å²) in [6.45, 7) is 3.69. The van der Waals surface area contributed by atoms with E-state index in [1.54, 1.807) is 31.4 Å². The first-order valence-corrected chi connectivity index (χ1v) is 10.6. The monoisotopic (exact) mass is 437 g/mol. The van der Waals surface area contributed by atoms with E-state index < -0.39 is 5.91 Å². The van der Waals surface area contributed by atoms with Crippen molar-refractivity contribution >= 4 is 35.2 Å². The van der Waals surface area contributed by atoms with Crippen LogP contribution in [0, 0.1) is 0 Å². The van der Waals surface area contributed by atoms with E-state index in [9.17, 15) is 9.59 Å². The molecule has 0 aromatic heterocycles. The normalized spacial score (nSPS) is 17.9. The van der Waals surface area contributed by atoms with Gasteiger partial charge in [-0.25, -0.2) is 4.90 Å². The van der Waals surface area contributed by atoms with Crippen molar-refractivity contribution in [3.8, 4) is 5.75 Å². The lowest BCUT2D eigenvalue weighted by atomic mass is 10.2. The number of anilines is 1. The molecule has 0 aliphatic carbocycles. The first kappa shape index (κ1) is 21.2. The average Bonchev–Trinajstić information content (AvgIpc) is 3.03. The van der Waals surface area contributed by atoms with Crippen LogP contribution in [0.4, 0.5) is 5.69 Å². The smallest absolute Gasteiger partial charge is 0.283 e. The molecule has 0 saturated carbocycles. The predicted molar refractivity (Wildman–Crippen MR) is 122 cm³/mol. The lowest BCUT2D eigenvalue weighted by Crippen LogP contribution is -2.47. The number of hydrogen-bond donors (Lipinski definition) is 0. The Bertz CT molecular complexity index is 1010. The van der Waals surface area contributed by atoms with Crippen LogP contribution in [0.1, 0.15) is 5.56 Å². The van der Waals surface area contributed by atoms with Gasteiger partial charge in [0.1, 0.15) is 16.5 Å². The van der Waals surface area contributed by atoms with Gasteiger partial charge >= 0.3 is 0 Å². The highest BCUT2D eigenvalue weighted by molar-refractivity contribution is 6.52. The van der Waals surface area contributed by atoms with Crippen molar-refractivity contribution < 1.29 is 14.3 Å². The zero-order valence-corrected chi connectivity index (χ0v) is 18.1. The number of rotatable bonds is 6. The van der Waals surface area contributed by atoms with Gasteiger partial charge in [-0.1, -0.05) is 54.1 Å². The topological polar surface area (TPSA) is 53.1 Å². The van der Waals surface area contributed by atoms with Crippen LogP contribution in [-0.4, -0.2) is 61.4 Å². The second-order valence-electron chi connectivity index (χ2n) is 7.41. The molecule has 0 radical (unpaired) electrons. The number of hydrogen-bond acceptors (Lipinski definition) is 5. The molecule has 2 heterocycles. The lowest BCUT2D eigenvalue weighted by Gasteiger charge is -2.35. The number of imide groups is 1. The lowest BCUT2D eigenvalue weighted by molar-refractivity contribution is -0.121. The van der Waals surface area contributed by atoms with Crippen LogP contribution in [0.3, 0.4) is 0 Å². The molecular weight excluding hydrogens is 414 g/mol. The average molecular weight is 438 g/mol. The molecule has 4 rings (SSSR count). The van der Waals surface area contributed by atoms with E-state index >= 15 is 0 Å². The van der Waals surface area contributed by atoms with Crippen LogP contribution in [0.25, 0.3) is 6.08 Å². The van der Waals surface area contributed by atoms with Gasteiger partial charge in [0, 0.05) is 32.7 Å². The van der Waals surface area contributed by atoms with Crippen molar-refractivity contribution in [2.24, 2.45) is 0 Å². The number of methoxy groups -OCH3 is 1. The van der Waals surface area contributed by atoms with Gasteiger partial charge in [0.05, 0.1) is 12.8 Å². The van der Waals surface area contributed by atoms with Crippen molar-refractivity contribution in [2.45, 2.75) is 0 Å². The molecule has 1 fully saturated rings. The SMILES string of the molecule is COc1ccc(N2C(=O)C(Cl)=C(N3CCN(C/C=C/c4ccccc4)CC3)C2=O)cc1. The van der Waals surface area contributed by atoms with Gasteiger partial charge in [-0.2, -0.15) is 0 Å². The van der Waals surface area contributed by atoms with Gasteiger partial charge in [-0.05, 0) is 29.8 Å². The van der Waals surface area contributed by atoms with Crippen LogP contribution >= 0.6 is 11.6 Å². The molecule has 2 aliphatic rings. The Morgan fingerprint density at radius 3 is 2.26 bits per heavy atom. The largest absolute Gasteiger partial charge is 0.497 e. The third-order valence-electron chi connectivity index (χ3n) is 5.50. The van der Waals surface area contributed by atoms with Crippen molar-refractivity contribution in [3.63, 3.8) is 0 Å². The van der Waals surface area contributed by atoms with E-state index in [1.807, 2.05) is 23.1 Å². The van der Waals surface area contributed by atoms with Crippen LogP contribution in [-0.2, 0) is 9.59 Å². The summed E-state index contributed by atoms with van der Waals surface area (Å²) in [7, 11) is 1.56. The third kappa shape index (κ3) is 4.50. The summed E-state index contributed by atoms with van der Waals surface area (Å²) in [5, 5.41) is -0.0155. The standard InChI is InChI=1S/C24H24ClN3O3/c1-31-20-11-9-19(10-12-20)28-23(29)21(25)22(24(28)30)27-16-14-26(15-17-27)13-5-8-18-6-3-2-4-7-18/h2-12H,13-17H2,1H3/b8-5+. The van der Waals surface area contributed by atoms with E-state index in [-0.39, 0.29) is 10.9 Å². The summed E-state index contributed by atoms with van der Waals surface area (Å²) < 4.78 is 5.14. The van der Waals surface area contributed by atoms with Gasteiger partial charge in [0.15, 0.2) is 0 Å². The molecule has 0 atom stereocenters. The molecule has 2 amide bonds. The van der Waals surface area contributed by atoms with Crippen LogP contribution in [0.5, 0.6) is 5.75 Å². The van der Waals surface area contributed by atoms with Gasteiger partial charge in [0.2, 0.25) is 0 Å². The van der Waals surface area contributed by atoms with Gasteiger partial charge in [-0.3, -0.25) is 14.5 Å². The fourth-order valence-electron chi connectivity index (χ4n) is 3.79. The van der Waals surface area contributed by atoms with Crippen molar-refractivity contribution in [3.05, 3.63) is 77.0 Å². The van der Waals surface area contributed by atoms with E-state index in [4.69, 9.17) is 16.3 Å². The van der Waals surface area contributed by atoms with Crippen LogP contribution < -0.4 is 9.64 Å². The van der Waals surface area contributed by atoms with E-state index in [0.29, 0.717) is 30.2 Å². The maximum Gasteiger partial charge on any atom is 0.283 e. The number of piperazine rings is 1. The van der Waals surface area contributed by atoms with Crippen LogP contribution in [0.15, 0.2) is 71.4 Å². The summed E-state index contributed by atoms with van der Waals surface area (Å²) in [5.41, 5.74) is 1.95. The minimum absolute atomic E-state index is 0.0155. The van der Waals surface area contributed by atoms with Crippen molar-refractivity contribution in [1.29, 1.82) is 0 Å². The fraction of sp³-hybridized carbons (Fsp3) is 0.250. The number of benzene rings is 2. The number of amides is 2. The van der Waals surface area contributed by atoms with Crippen molar-refractivity contribution in [1.82, 2.24) is 9.80 Å². The Morgan fingerprint density at radius 2 is 1.61 bits per heavy atom. The van der Waals surface area contributed by atoms with E-state index in [1.165, 1.54) is 5.56 Å². The summed E-state index contributed by atoms with van der Waals surface area (Å²) in [6.07, 6.45) is 4.25. The molecule has 6 nitrogen and oxygen atoms in total. The fourth-order valence-corrected chi connectivity index (χ4v) is 4.07. The minimum Gasteiger partial charge on any atom is -0.497 e. The number of carbonyl (C=O) groups excluding carboxylic acids is 2. The van der Waals surface area contributed by atoms with E-state index in [2.05, 4.69) is 29.2 Å². The molecule has 7 heteroatoms. The second kappa shape index (κ2) is 9.37. The highest BCUT2D eigenvalue weighted by Gasteiger charge is 2.41. The van der Waals surface area contributed by atoms with Gasteiger partial charge in [-0.15, -0.1) is 0 Å². The number of ether oxygens (including phenoxy) is 1. The minimum atomic E-state index is -0.486. The maximum absolute atomic E-state index is 13.1. The number of carbonyl (C=O) groups is 2. The van der Waals surface area contributed by atoms with Gasteiger partial charge in [0.25, 0.3) is 11.8 Å². The quantitative estimate of drug-likeness (QED) is 0.649. The maximum atomic E-state index is 13.1. The molecule has 0 spiro atoms. The van der Waals surface area contributed by atoms with Crippen LogP contribution in [0.2, 0.25) is 0 Å². The molecule has 1 saturated heterocycles. The predicted octanol–water partition coefficient (Wildman–Crippen LogP) is 3.35. The summed E-state index contributed by atoms with van der Waals surface area (Å²) >= 11 is 6.32. The Labute approximate surface area is 186 Å². The highest BCUT2D eigenvalue weighted by atomic mass is 35.5. The summed E-state index contributed by atoms with van der Waals surface area (Å²) in [4.78, 5) is 31.1. The van der Waals surface area contributed by atoms with Crippen molar-refractivity contribution in [2.75, 3.05) is 44.7 Å². The molecule has 0 N–H and O–H groups in total. The first-order valence-electron chi connectivity index (χ1n) is 10.2. The summed E-state index contributed by atoms with van der Waals surface area (Å²) in [6, 6.07) is 17.0. The molecular formula is C24H24ClN3O3. The Morgan fingerprint density at radius 1 is 0.935 bits per heavy atom. The molecule has 0 bridgehead atoms. The Hall–Kier alpha value is -3.09. The zero-order valence-electron chi connectivity index (χ0n) is 17.3. The van der Waals surface area contributed by atoms with E-state index in [0.717, 1.165) is 24.5 Å². The number of nitrogens with zero attached hydrogens (tertiary/aromatic N) is 3. The highest BCUT2D eigenvalue weighted by Crippen LogP contribution is 2.32. The molecule has 2 aliphatic heterocycles.